The van der Waals surface area contributed by atoms with E-state index in [1.165, 1.54) is 0 Å². The number of aromatic amines is 1. The fraction of sp³-hybridized carbons (Fsp3) is 0.0714. The van der Waals surface area contributed by atoms with Crippen LogP contribution in [0.4, 0.5) is 0 Å². The topological polar surface area (TPSA) is 32.9 Å². The highest BCUT2D eigenvalue weighted by atomic mass is 79.9. The highest BCUT2D eigenvalue weighted by molar-refractivity contribution is 9.12. The molecule has 1 aliphatic rings. The second kappa shape index (κ2) is 4.52. The van der Waals surface area contributed by atoms with Crippen molar-refractivity contribution in [1.82, 2.24) is 4.98 Å². The van der Waals surface area contributed by atoms with Crippen LogP contribution in [0.25, 0.3) is 16.8 Å². The Kier molecular flexibility index (Phi) is 2.99. The summed E-state index contributed by atoms with van der Waals surface area (Å²) in [6.45, 7) is 0. The van der Waals surface area contributed by atoms with Gasteiger partial charge in [-0.3, -0.25) is 4.79 Å². The average molecular weight is 367 g/mol. The number of pyridine rings is 1. The molecule has 1 aromatic heterocycles. The third kappa shape index (κ3) is 1.99. The number of H-pyrrole nitrogens is 1. The Morgan fingerprint density at radius 3 is 2.83 bits per heavy atom. The molecule has 0 atom stereocenters. The first-order valence-corrected chi connectivity index (χ1v) is 7.12. The second-order valence-corrected chi connectivity index (χ2v) is 6.00. The van der Waals surface area contributed by atoms with Gasteiger partial charge in [0, 0.05) is 20.0 Å². The van der Waals surface area contributed by atoms with Gasteiger partial charge in [0.1, 0.15) is 0 Å². The second-order valence-electron chi connectivity index (χ2n) is 4.17. The molecule has 0 bridgehead atoms. The van der Waals surface area contributed by atoms with Crippen molar-refractivity contribution in [3.63, 3.8) is 0 Å². The molecular weight excluding hydrogens is 358 g/mol. The Balaban J connectivity index is 2.44. The van der Waals surface area contributed by atoms with Crippen LogP contribution in [-0.2, 0) is 6.42 Å². The van der Waals surface area contributed by atoms with Gasteiger partial charge in [-0.15, -0.1) is 0 Å². The normalized spacial score (nSPS) is 14.2. The fourth-order valence-electron chi connectivity index (χ4n) is 2.20. The lowest BCUT2D eigenvalue weighted by Gasteiger charge is -2.08. The summed E-state index contributed by atoms with van der Waals surface area (Å²) in [6, 6.07) is 5.83. The lowest BCUT2D eigenvalue weighted by Crippen LogP contribution is -2.10. The summed E-state index contributed by atoms with van der Waals surface area (Å²) in [5.74, 6) is 0. The number of benzene rings is 1. The number of aromatic nitrogens is 1. The van der Waals surface area contributed by atoms with Crippen LogP contribution in [0.2, 0.25) is 0 Å². The van der Waals surface area contributed by atoms with Gasteiger partial charge in [-0.2, -0.15) is 0 Å². The molecule has 0 fully saturated rings. The van der Waals surface area contributed by atoms with Crippen LogP contribution in [-0.4, -0.2) is 4.98 Å². The molecule has 0 spiro atoms. The van der Waals surface area contributed by atoms with E-state index >= 15 is 0 Å². The van der Waals surface area contributed by atoms with Crippen LogP contribution in [0, 0.1) is 0 Å². The van der Waals surface area contributed by atoms with Crippen molar-refractivity contribution in [2.45, 2.75) is 6.42 Å². The van der Waals surface area contributed by atoms with Crippen molar-refractivity contribution in [1.29, 1.82) is 0 Å². The molecular formula is C14H9Br2NO. The highest BCUT2D eigenvalue weighted by Gasteiger charge is 2.11. The van der Waals surface area contributed by atoms with Gasteiger partial charge in [-0.1, -0.05) is 50.1 Å². The third-order valence-electron chi connectivity index (χ3n) is 3.01. The molecule has 0 saturated carbocycles. The van der Waals surface area contributed by atoms with Crippen LogP contribution in [0.3, 0.4) is 0 Å². The number of hydrogen-bond donors (Lipinski definition) is 1. The van der Waals surface area contributed by atoms with Crippen molar-refractivity contribution in [3.05, 3.63) is 60.9 Å². The Labute approximate surface area is 121 Å². The van der Waals surface area contributed by atoms with Crippen LogP contribution < -0.4 is 5.56 Å². The van der Waals surface area contributed by atoms with Gasteiger partial charge < -0.3 is 4.98 Å². The highest BCUT2D eigenvalue weighted by Crippen LogP contribution is 2.26. The molecule has 3 rings (SSSR count). The van der Waals surface area contributed by atoms with Crippen LogP contribution >= 0.6 is 31.9 Å². The van der Waals surface area contributed by atoms with Crippen molar-refractivity contribution in [2.24, 2.45) is 0 Å². The number of rotatable bonds is 0. The zero-order valence-electron chi connectivity index (χ0n) is 9.34. The van der Waals surface area contributed by atoms with Gasteiger partial charge in [0.15, 0.2) is 0 Å². The summed E-state index contributed by atoms with van der Waals surface area (Å²) < 4.78 is 1.88. The minimum Gasteiger partial charge on any atom is -0.322 e. The standard InChI is InChI=1S/C14H9Br2NO/c15-8-2-1-3-11-10-5-4-9(16)6-12(10)14(18)17-13(11)7-8/h1-2,4-7H,3H2,(H,17,18). The van der Waals surface area contributed by atoms with Gasteiger partial charge in [0.25, 0.3) is 5.56 Å². The molecule has 0 aliphatic heterocycles. The molecule has 0 radical (unpaired) electrons. The third-order valence-corrected chi connectivity index (χ3v) is 3.99. The Bertz CT molecular complexity index is 756. The quantitative estimate of drug-likeness (QED) is 0.746. The van der Waals surface area contributed by atoms with Crippen LogP contribution in [0.15, 0.2) is 44.1 Å². The van der Waals surface area contributed by atoms with E-state index in [-0.39, 0.29) is 5.56 Å². The number of nitrogens with one attached hydrogen (secondary N) is 1. The molecule has 0 saturated heterocycles. The lowest BCUT2D eigenvalue weighted by atomic mass is 10.0. The van der Waals surface area contributed by atoms with E-state index in [2.05, 4.69) is 42.9 Å². The van der Waals surface area contributed by atoms with Gasteiger partial charge in [-0.05, 0) is 35.6 Å². The van der Waals surface area contributed by atoms with Gasteiger partial charge >= 0.3 is 0 Å². The van der Waals surface area contributed by atoms with E-state index in [9.17, 15) is 4.79 Å². The molecule has 2 nitrogen and oxygen atoms in total. The molecule has 1 heterocycles. The van der Waals surface area contributed by atoms with Gasteiger partial charge in [-0.25, -0.2) is 0 Å². The van der Waals surface area contributed by atoms with Crippen molar-refractivity contribution in [3.8, 4) is 0 Å². The van der Waals surface area contributed by atoms with Gasteiger partial charge in [0.05, 0.1) is 0 Å². The van der Waals surface area contributed by atoms with Crippen molar-refractivity contribution >= 4 is 48.7 Å². The monoisotopic (exact) mass is 365 g/mol. The molecule has 0 amide bonds. The summed E-state index contributed by atoms with van der Waals surface area (Å²) in [5.41, 5.74) is 1.98. The molecule has 1 aliphatic carbocycles. The van der Waals surface area contributed by atoms with E-state index in [1.54, 1.807) is 0 Å². The average Bonchev–Trinajstić information content (AvgIpc) is 2.50. The number of allylic oxidation sites excluding steroid dienone is 3. The summed E-state index contributed by atoms with van der Waals surface area (Å²) in [6.07, 6.45) is 6.85. The lowest BCUT2D eigenvalue weighted by molar-refractivity contribution is 1.17. The predicted molar refractivity (Wildman–Crippen MR) is 82.0 cm³/mol. The Morgan fingerprint density at radius 1 is 1.17 bits per heavy atom. The van der Waals surface area contributed by atoms with E-state index in [0.29, 0.717) is 0 Å². The minimum absolute atomic E-state index is 0.0523. The summed E-state index contributed by atoms with van der Waals surface area (Å²) >= 11 is 6.85. The zero-order valence-corrected chi connectivity index (χ0v) is 12.5. The minimum atomic E-state index is -0.0523. The fourth-order valence-corrected chi connectivity index (χ4v) is 2.97. The molecule has 1 aromatic carbocycles. The molecule has 18 heavy (non-hydrogen) atoms. The Morgan fingerprint density at radius 2 is 2.00 bits per heavy atom. The van der Waals surface area contributed by atoms with E-state index < -0.39 is 0 Å². The first kappa shape index (κ1) is 11.9. The summed E-state index contributed by atoms with van der Waals surface area (Å²) in [7, 11) is 0. The van der Waals surface area contributed by atoms with E-state index in [1.807, 2.05) is 30.4 Å². The molecule has 0 unspecified atom stereocenters. The first-order chi connectivity index (χ1) is 8.65. The maximum absolute atomic E-state index is 12.1. The van der Waals surface area contributed by atoms with Crippen molar-refractivity contribution in [2.75, 3.05) is 0 Å². The van der Waals surface area contributed by atoms with Crippen LogP contribution in [0.5, 0.6) is 0 Å². The molecule has 1 N–H and O–H groups in total. The summed E-state index contributed by atoms with van der Waals surface area (Å²) in [4.78, 5) is 15.0. The molecule has 4 heteroatoms. The smallest absolute Gasteiger partial charge is 0.256 e. The molecule has 90 valence electrons. The number of halogens is 2. The predicted octanol–water partition coefficient (Wildman–Crippen LogP) is 4.14. The van der Waals surface area contributed by atoms with Crippen LogP contribution in [0.1, 0.15) is 11.3 Å². The number of hydrogen-bond acceptors (Lipinski definition) is 1. The van der Waals surface area contributed by atoms with E-state index in [4.69, 9.17) is 0 Å². The van der Waals surface area contributed by atoms with Gasteiger partial charge in [0.2, 0.25) is 0 Å². The van der Waals surface area contributed by atoms with E-state index in [0.717, 1.165) is 37.4 Å². The zero-order chi connectivity index (χ0) is 12.7. The maximum Gasteiger partial charge on any atom is 0.256 e. The summed E-state index contributed by atoms with van der Waals surface area (Å²) in [5, 5.41) is 1.74. The Hall–Kier alpha value is -1.13. The molecule has 2 aromatic rings. The SMILES string of the molecule is O=c1[nH]c2c(c3ccc(Br)cc13)CC=CC(Br)=C2. The maximum atomic E-state index is 12.1. The van der Waals surface area contributed by atoms with Crippen molar-refractivity contribution < 1.29 is 0 Å². The number of fused-ring (bicyclic) bond motifs is 3. The largest absolute Gasteiger partial charge is 0.322 e. The first-order valence-electron chi connectivity index (χ1n) is 5.53.